The zero-order valence-electron chi connectivity index (χ0n) is 35.6. The van der Waals surface area contributed by atoms with Gasteiger partial charge in [-0.2, -0.15) is 10.0 Å². The summed E-state index contributed by atoms with van der Waals surface area (Å²) in [5, 5.41) is 32.6. The van der Waals surface area contributed by atoms with Crippen molar-refractivity contribution >= 4 is 84.6 Å². The number of halogens is 4. The molecule has 2 N–H and O–H groups in total. The summed E-state index contributed by atoms with van der Waals surface area (Å²) in [4.78, 5) is 4.26. The van der Waals surface area contributed by atoms with Crippen LogP contribution >= 0.6 is 38.8 Å². The average Bonchev–Trinajstić information content (AvgIpc) is 4.04. The van der Waals surface area contributed by atoms with E-state index in [4.69, 9.17) is 59.2 Å². The van der Waals surface area contributed by atoms with Crippen LogP contribution in [0.5, 0.6) is 0 Å². The van der Waals surface area contributed by atoms with Crippen molar-refractivity contribution in [3.05, 3.63) is 109 Å². The summed E-state index contributed by atoms with van der Waals surface area (Å²) in [6, 6.07) is 37.8. The van der Waals surface area contributed by atoms with E-state index in [0.717, 1.165) is 93.9 Å². The normalized spacial score (nSPS) is 18.7. The van der Waals surface area contributed by atoms with Gasteiger partial charge < -0.3 is 9.13 Å². The first kappa shape index (κ1) is 46.3. The van der Waals surface area contributed by atoms with E-state index < -0.39 is 10.8 Å². The van der Waals surface area contributed by atoms with Gasteiger partial charge in [-0.25, -0.2) is 0 Å². The van der Waals surface area contributed by atoms with E-state index in [0.29, 0.717) is 0 Å². The molecule has 320 valence electrons. The third-order valence-corrected chi connectivity index (χ3v) is 10.6. The molecule has 0 aliphatic carbocycles. The number of nitrogens with one attached hydrogen (secondary N) is 2. The minimum atomic E-state index is -3.36. The van der Waals surface area contributed by atoms with Gasteiger partial charge in [0.25, 0.3) is 0 Å². The summed E-state index contributed by atoms with van der Waals surface area (Å²) in [5.74, 6) is 0. The van der Waals surface area contributed by atoms with Gasteiger partial charge in [-0.3, -0.25) is 9.80 Å². The summed E-state index contributed by atoms with van der Waals surface area (Å²) in [6.07, 6.45) is 3.55. The van der Waals surface area contributed by atoms with Crippen LogP contribution < -0.4 is 10.0 Å². The molecule has 12 nitrogen and oxygen atoms in total. The summed E-state index contributed by atoms with van der Waals surface area (Å²) >= 11 is 0. The van der Waals surface area contributed by atoms with Gasteiger partial charge >= 0.3 is 62.2 Å². The SMILES string of the molecule is CCN1C=N[NH+](CC)C1N=Nc1c(-c2ccccc2)n(CC)c2ccccc12.CCN1C=N[NH+](CC)C1N=Nc1c(-c2ccccc2)n(CC)c2ccccc12.[Cl][Zn-2]([Cl])([Cl])[Cl]. The first-order valence-electron chi connectivity index (χ1n) is 21.1. The number of rotatable bonds is 12. The second kappa shape index (κ2) is 21.7. The molecule has 4 unspecified atom stereocenters. The van der Waals surface area contributed by atoms with Crippen LogP contribution in [0.1, 0.15) is 41.5 Å². The number of aryl methyl sites for hydroxylation is 2. The molecule has 17 heteroatoms. The van der Waals surface area contributed by atoms with Crippen LogP contribution in [0, 0.1) is 0 Å². The third-order valence-electron chi connectivity index (χ3n) is 10.6. The molecule has 0 fully saturated rings. The van der Waals surface area contributed by atoms with Crippen molar-refractivity contribution in [1.29, 1.82) is 0 Å². The van der Waals surface area contributed by atoms with Gasteiger partial charge in [0.15, 0.2) is 12.7 Å². The molecule has 6 aromatic rings. The van der Waals surface area contributed by atoms with E-state index in [2.05, 4.69) is 168 Å². The maximum absolute atomic E-state index is 5.05. The molecule has 2 aliphatic heterocycles. The molecule has 0 saturated carbocycles. The van der Waals surface area contributed by atoms with Crippen molar-refractivity contribution < 1.29 is 20.8 Å². The first-order valence-corrected chi connectivity index (χ1v) is 36.7. The topological polar surface area (TPSA) is 99.4 Å². The number of aromatic nitrogens is 2. The fourth-order valence-corrected chi connectivity index (χ4v) is 7.69. The molecular formula is C44H54Cl4N12Zn. The quantitative estimate of drug-likeness (QED) is 0.0943. The van der Waals surface area contributed by atoms with E-state index >= 15 is 0 Å². The molecule has 2 aromatic heterocycles. The Morgan fingerprint density at radius 1 is 0.508 bits per heavy atom. The number of hydrogen-bond acceptors (Lipinski definition) is 8. The van der Waals surface area contributed by atoms with Crippen LogP contribution in [0.15, 0.2) is 140 Å². The fraction of sp³-hybridized carbons (Fsp3) is 0.318. The van der Waals surface area contributed by atoms with E-state index in [1.54, 1.807) is 0 Å². The first-order chi connectivity index (χ1) is 29.6. The number of benzene rings is 4. The van der Waals surface area contributed by atoms with Gasteiger partial charge in [-0.1, -0.05) is 107 Å². The van der Waals surface area contributed by atoms with Gasteiger partial charge in [0.2, 0.25) is 0 Å². The Morgan fingerprint density at radius 3 is 1.18 bits per heavy atom. The van der Waals surface area contributed by atoms with Crippen molar-refractivity contribution in [3.8, 4) is 22.5 Å². The molecule has 4 heterocycles. The standard InChI is InChI=1S/2C22H26N6.4ClH.Zn/c2*1-4-26-16-23-28(6-3)22(26)25-24-20-18-14-10-11-15-19(18)27(5-2)21(20)17-12-8-7-9-13-17;;;;;/h2*7-16,22H,4-6H2,1-3H3;4*1H;/q;;;;;;+2/p-2. The van der Waals surface area contributed by atoms with E-state index in [1.165, 1.54) is 11.0 Å². The Bertz CT molecular complexity index is 2270. The second-order valence-corrected chi connectivity index (χ2v) is 42.0. The molecule has 2 aliphatic rings. The summed E-state index contributed by atoms with van der Waals surface area (Å²) in [5.41, 5.74) is 8.79. The summed E-state index contributed by atoms with van der Waals surface area (Å²) in [7, 11) is 16.8. The van der Waals surface area contributed by atoms with Crippen molar-refractivity contribution in [2.75, 3.05) is 26.2 Å². The van der Waals surface area contributed by atoms with Gasteiger partial charge in [-0.05, 0) is 53.7 Å². The summed E-state index contributed by atoms with van der Waals surface area (Å²) in [6.45, 7) is 18.0. The predicted octanol–water partition coefficient (Wildman–Crippen LogP) is 10.5. The Labute approximate surface area is 377 Å². The monoisotopic (exact) mass is 954 g/mol. The molecule has 0 saturated heterocycles. The molecule has 0 spiro atoms. The molecule has 61 heavy (non-hydrogen) atoms. The van der Waals surface area contributed by atoms with Crippen LogP contribution in [-0.4, -0.2) is 70.4 Å². The molecule has 4 atom stereocenters. The van der Waals surface area contributed by atoms with Crippen molar-refractivity contribution in [2.24, 2.45) is 30.7 Å². The molecule has 8 rings (SSSR count). The Hall–Kier alpha value is -4.20. The van der Waals surface area contributed by atoms with E-state index in [1.807, 2.05) is 24.8 Å². The van der Waals surface area contributed by atoms with Gasteiger partial charge in [0.1, 0.15) is 24.5 Å². The molecular weight excluding hydrogens is 904 g/mol. The fourth-order valence-electron chi connectivity index (χ4n) is 7.69. The predicted molar refractivity (Wildman–Crippen MR) is 251 cm³/mol. The zero-order chi connectivity index (χ0) is 43.5. The maximum atomic E-state index is 5.05. The Balaban J connectivity index is 0.000000184. The number of azo groups is 2. The Kier molecular flexibility index (Phi) is 16.5. The van der Waals surface area contributed by atoms with Crippen LogP contribution in [0.25, 0.3) is 44.3 Å². The average molecular weight is 958 g/mol. The second-order valence-electron chi connectivity index (χ2n) is 14.3. The van der Waals surface area contributed by atoms with Crippen LogP contribution in [0.3, 0.4) is 0 Å². The van der Waals surface area contributed by atoms with Gasteiger partial charge in [0.05, 0.1) is 22.4 Å². The van der Waals surface area contributed by atoms with E-state index in [-0.39, 0.29) is 12.6 Å². The van der Waals surface area contributed by atoms with Crippen LogP contribution in [-0.2, 0) is 23.9 Å². The number of fused-ring (bicyclic) bond motifs is 2. The third kappa shape index (κ3) is 10.9. The molecule has 4 aromatic carbocycles. The van der Waals surface area contributed by atoms with E-state index in [9.17, 15) is 0 Å². The zero-order valence-corrected chi connectivity index (χ0v) is 41.6. The van der Waals surface area contributed by atoms with Crippen LogP contribution in [0.2, 0.25) is 0 Å². The number of hydrogen-bond donors (Lipinski definition) is 2. The number of para-hydroxylation sites is 2. The van der Waals surface area contributed by atoms with Gasteiger partial charge in [-0.15, -0.1) is 20.5 Å². The van der Waals surface area contributed by atoms with Crippen LogP contribution in [0.4, 0.5) is 11.4 Å². The van der Waals surface area contributed by atoms with Crippen molar-refractivity contribution in [3.63, 3.8) is 0 Å². The van der Waals surface area contributed by atoms with Crippen molar-refractivity contribution in [1.82, 2.24) is 18.9 Å². The van der Waals surface area contributed by atoms with Crippen molar-refractivity contribution in [2.45, 2.75) is 67.2 Å². The number of nitrogens with zero attached hydrogens (tertiary/aromatic N) is 10. The molecule has 0 bridgehead atoms. The summed E-state index contributed by atoms with van der Waals surface area (Å²) < 4.78 is 4.65. The Morgan fingerprint density at radius 2 is 0.852 bits per heavy atom. The minimum absolute atomic E-state index is 0.109. The molecule has 0 radical (unpaired) electrons. The van der Waals surface area contributed by atoms with Gasteiger partial charge in [0, 0.05) is 48.1 Å². The number of quaternary nitrogens is 2. The molecule has 0 amide bonds.